The quantitative estimate of drug-likeness (QED) is 0.159. The number of aliphatic carboxylic acids is 3. The summed E-state index contributed by atoms with van der Waals surface area (Å²) in [5.41, 5.74) is 10.6. The number of rotatable bonds is 14. The molecule has 28 heavy (non-hydrogen) atoms. The van der Waals surface area contributed by atoms with Crippen molar-refractivity contribution in [3.8, 4) is 0 Å². The molecule has 0 heterocycles. The molecule has 13 heteroatoms. The highest BCUT2D eigenvalue weighted by molar-refractivity contribution is 5.92. The minimum atomic E-state index is -1.53. The minimum absolute atomic E-state index is 0.207. The Morgan fingerprint density at radius 2 is 1.18 bits per heavy atom. The van der Waals surface area contributed by atoms with Crippen LogP contribution in [0.5, 0.6) is 0 Å². The van der Waals surface area contributed by atoms with Crippen molar-refractivity contribution < 1.29 is 44.1 Å². The number of amides is 3. The van der Waals surface area contributed by atoms with Crippen LogP contribution < -0.4 is 22.1 Å². The molecule has 0 aliphatic rings. The van der Waals surface area contributed by atoms with E-state index >= 15 is 0 Å². The van der Waals surface area contributed by atoms with E-state index in [1.807, 2.05) is 0 Å². The van der Waals surface area contributed by atoms with Gasteiger partial charge in [0.1, 0.15) is 12.1 Å². The third-order valence-electron chi connectivity index (χ3n) is 3.58. The average molecular weight is 404 g/mol. The van der Waals surface area contributed by atoms with Gasteiger partial charge in [-0.3, -0.25) is 24.0 Å². The monoisotopic (exact) mass is 404 g/mol. The normalized spacial score (nSPS) is 13.6. The van der Waals surface area contributed by atoms with E-state index in [4.69, 9.17) is 26.8 Å². The number of carbonyl (C=O) groups excluding carboxylic acids is 3. The zero-order valence-electron chi connectivity index (χ0n) is 14.9. The Morgan fingerprint density at radius 1 is 0.714 bits per heavy atom. The number of primary amides is 1. The summed E-state index contributed by atoms with van der Waals surface area (Å²) in [6, 6.07) is -4.15. The van der Waals surface area contributed by atoms with Crippen molar-refractivity contribution >= 4 is 35.6 Å². The van der Waals surface area contributed by atoms with Gasteiger partial charge in [0, 0.05) is 19.3 Å². The van der Waals surface area contributed by atoms with Crippen LogP contribution in [0.15, 0.2) is 0 Å². The molecular formula is C15H24N4O9. The van der Waals surface area contributed by atoms with Crippen molar-refractivity contribution in [2.24, 2.45) is 11.5 Å². The Balaban J connectivity index is 5.08. The summed E-state index contributed by atoms with van der Waals surface area (Å²) in [6.45, 7) is 0. The Labute approximate surface area is 159 Å². The molecule has 0 aliphatic carbocycles. The molecule has 0 saturated carbocycles. The van der Waals surface area contributed by atoms with Crippen LogP contribution in [0.1, 0.15) is 38.5 Å². The standard InChI is InChI=1S/C15H24N4O9/c16-7(1-5-11(21)22)13(25)18-8(2-4-10(17)20)14(26)19-9(15(27)28)3-6-12(23)24/h7-9H,1-6,16H2,(H2,17,20)(H,18,25)(H,19,26)(H,21,22)(H,23,24)(H,27,28)/t7-,8-,9-/m0/s1. The lowest BCUT2D eigenvalue weighted by molar-refractivity contribution is -0.143. The van der Waals surface area contributed by atoms with Crippen molar-refractivity contribution in [2.45, 2.75) is 56.7 Å². The largest absolute Gasteiger partial charge is 0.481 e. The summed E-state index contributed by atoms with van der Waals surface area (Å²) in [7, 11) is 0. The third-order valence-corrected chi connectivity index (χ3v) is 3.58. The van der Waals surface area contributed by atoms with Crippen molar-refractivity contribution in [2.75, 3.05) is 0 Å². The van der Waals surface area contributed by atoms with Crippen LogP contribution in [-0.2, 0) is 28.8 Å². The first kappa shape index (κ1) is 24.8. The summed E-state index contributed by atoms with van der Waals surface area (Å²) in [5.74, 6) is -6.53. The molecule has 3 amide bonds. The second-order valence-electron chi connectivity index (χ2n) is 5.94. The molecule has 0 rings (SSSR count). The van der Waals surface area contributed by atoms with Crippen LogP contribution in [0.4, 0.5) is 0 Å². The van der Waals surface area contributed by atoms with Gasteiger partial charge in [-0.05, 0) is 19.3 Å². The lowest BCUT2D eigenvalue weighted by atomic mass is 10.1. The summed E-state index contributed by atoms with van der Waals surface area (Å²) >= 11 is 0. The number of nitrogens with one attached hydrogen (secondary N) is 2. The second-order valence-corrected chi connectivity index (χ2v) is 5.94. The molecule has 0 bridgehead atoms. The van der Waals surface area contributed by atoms with Crippen molar-refractivity contribution in [3.05, 3.63) is 0 Å². The van der Waals surface area contributed by atoms with Crippen LogP contribution in [0.3, 0.4) is 0 Å². The number of hydrogen-bond acceptors (Lipinski definition) is 7. The fourth-order valence-corrected chi connectivity index (χ4v) is 2.04. The van der Waals surface area contributed by atoms with E-state index in [0.717, 1.165) is 0 Å². The molecule has 158 valence electrons. The molecule has 9 N–H and O–H groups in total. The van der Waals surface area contributed by atoms with Crippen LogP contribution in [0.2, 0.25) is 0 Å². The lowest BCUT2D eigenvalue weighted by Crippen LogP contribution is -2.54. The predicted octanol–water partition coefficient (Wildman–Crippen LogP) is -2.64. The number of hydrogen-bond donors (Lipinski definition) is 7. The van der Waals surface area contributed by atoms with Crippen molar-refractivity contribution in [1.82, 2.24) is 10.6 Å². The van der Waals surface area contributed by atoms with Gasteiger partial charge in [-0.1, -0.05) is 0 Å². The van der Waals surface area contributed by atoms with E-state index in [2.05, 4.69) is 10.6 Å². The van der Waals surface area contributed by atoms with Gasteiger partial charge in [0.25, 0.3) is 0 Å². The van der Waals surface area contributed by atoms with Gasteiger partial charge >= 0.3 is 17.9 Å². The van der Waals surface area contributed by atoms with Crippen LogP contribution >= 0.6 is 0 Å². The fraction of sp³-hybridized carbons (Fsp3) is 0.600. The van der Waals surface area contributed by atoms with E-state index in [9.17, 15) is 28.8 Å². The Hall–Kier alpha value is -3.22. The van der Waals surface area contributed by atoms with Gasteiger partial charge < -0.3 is 37.4 Å². The van der Waals surface area contributed by atoms with Gasteiger partial charge in [-0.2, -0.15) is 0 Å². The molecule has 0 fully saturated rings. The summed E-state index contributed by atoms with van der Waals surface area (Å²) in [6.07, 6.45) is -2.08. The molecule has 0 unspecified atom stereocenters. The number of carbonyl (C=O) groups is 6. The molecule has 0 aromatic heterocycles. The SMILES string of the molecule is NC(=O)CC[C@H](NC(=O)[C@@H](N)CCC(=O)O)C(=O)N[C@@H](CCC(=O)O)C(=O)O. The second kappa shape index (κ2) is 12.2. The maximum absolute atomic E-state index is 12.3. The van der Waals surface area contributed by atoms with Gasteiger partial charge in [-0.25, -0.2) is 4.79 Å². The van der Waals surface area contributed by atoms with E-state index in [-0.39, 0.29) is 25.7 Å². The maximum atomic E-state index is 12.3. The summed E-state index contributed by atoms with van der Waals surface area (Å²) in [5, 5.41) is 30.6. The minimum Gasteiger partial charge on any atom is -0.481 e. The number of nitrogens with two attached hydrogens (primary N) is 2. The first-order valence-electron chi connectivity index (χ1n) is 8.25. The highest BCUT2D eigenvalue weighted by Gasteiger charge is 2.28. The van der Waals surface area contributed by atoms with E-state index in [1.165, 1.54) is 0 Å². The highest BCUT2D eigenvalue weighted by Crippen LogP contribution is 2.04. The average Bonchev–Trinajstić information content (AvgIpc) is 2.58. The fourth-order valence-electron chi connectivity index (χ4n) is 2.04. The molecule has 0 aromatic carbocycles. The third kappa shape index (κ3) is 10.7. The molecule has 0 spiro atoms. The van der Waals surface area contributed by atoms with Crippen LogP contribution in [0.25, 0.3) is 0 Å². The van der Waals surface area contributed by atoms with Gasteiger partial charge in [0.2, 0.25) is 17.7 Å². The molecule has 0 radical (unpaired) electrons. The molecule has 13 nitrogen and oxygen atoms in total. The van der Waals surface area contributed by atoms with Gasteiger partial charge in [0.15, 0.2) is 0 Å². The van der Waals surface area contributed by atoms with Gasteiger partial charge in [-0.15, -0.1) is 0 Å². The molecular weight excluding hydrogens is 380 g/mol. The molecule has 3 atom stereocenters. The first-order chi connectivity index (χ1) is 12.9. The van der Waals surface area contributed by atoms with E-state index < -0.39 is 66.6 Å². The van der Waals surface area contributed by atoms with Gasteiger partial charge in [0.05, 0.1) is 6.04 Å². The first-order valence-corrected chi connectivity index (χ1v) is 8.25. The Kier molecular flexibility index (Phi) is 10.8. The van der Waals surface area contributed by atoms with Crippen LogP contribution in [-0.4, -0.2) is 69.1 Å². The van der Waals surface area contributed by atoms with Crippen LogP contribution in [0, 0.1) is 0 Å². The number of carboxylic acids is 3. The molecule has 0 saturated heterocycles. The Bertz CT molecular complexity index is 623. The van der Waals surface area contributed by atoms with Crippen molar-refractivity contribution in [1.29, 1.82) is 0 Å². The summed E-state index contributed by atoms with van der Waals surface area (Å²) < 4.78 is 0. The summed E-state index contributed by atoms with van der Waals surface area (Å²) in [4.78, 5) is 67.6. The predicted molar refractivity (Wildman–Crippen MR) is 91.6 cm³/mol. The van der Waals surface area contributed by atoms with Crippen molar-refractivity contribution in [3.63, 3.8) is 0 Å². The smallest absolute Gasteiger partial charge is 0.326 e. The zero-order chi connectivity index (χ0) is 21.9. The topological polar surface area (TPSA) is 239 Å². The maximum Gasteiger partial charge on any atom is 0.326 e. The lowest BCUT2D eigenvalue weighted by Gasteiger charge is -2.22. The van der Waals surface area contributed by atoms with E-state index in [1.54, 1.807) is 0 Å². The Morgan fingerprint density at radius 3 is 1.64 bits per heavy atom. The number of carboxylic acid groups (broad SMARTS) is 3. The molecule has 0 aliphatic heterocycles. The molecule has 0 aromatic rings. The zero-order valence-corrected chi connectivity index (χ0v) is 14.9. The highest BCUT2D eigenvalue weighted by atomic mass is 16.4. The van der Waals surface area contributed by atoms with E-state index in [0.29, 0.717) is 0 Å².